The molecule has 0 aliphatic carbocycles. The van der Waals surface area contributed by atoms with Gasteiger partial charge in [-0.1, -0.05) is 6.07 Å². The van der Waals surface area contributed by atoms with Crippen LogP contribution in [0.4, 0.5) is 11.4 Å². The molecule has 2 fully saturated rings. The molecule has 2 saturated heterocycles. The molecule has 0 N–H and O–H groups in total. The monoisotopic (exact) mass is 218 g/mol. The van der Waals surface area contributed by atoms with Crippen molar-refractivity contribution >= 4 is 11.4 Å². The van der Waals surface area contributed by atoms with Gasteiger partial charge in [-0.05, 0) is 31.7 Å². The van der Waals surface area contributed by atoms with Gasteiger partial charge >= 0.3 is 0 Å². The van der Waals surface area contributed by atoms with Crippen LogP contribution >= 0.6 is 0 Å². The first-order valence-corrected chi connectivity index (χ1v) is 5.78. The Morgan fingerprint density at radius 1 is 1.19 bits per heavy atom. The first-order valence-electron chi connectivity index (χ1n) is 5.78. The van der Waals surface area contributed by atoms with Gasteiger partial charge in [0, 0.05) is 29.9 Å². The van der Waals surface area contributed by atoms with Crippen LogP contribution in [-0.2, 0) is 0 Å². The summed E-state index contributed by atoms with van der Waals surface area (Å²) >= 11 is 0. The van der Waals surface area contributed by atoms with Crippen molar-refractivity contribution in [2.45, 2.75) is 37.8 Å². The van der Waals surface area contributed by atoms with Gasteiger partial charge in [-0.15, -0.1) is 0 Å². The zero-order valence-corrected chi connectivity index (χ0v) is 9.00. The van der Waals surface area contributed by atoms with Crippen LogP contribution in [0.3, 0.4) is 0 Å². The molecule has 2 bridgehead atoms. The minimum Gasteiger partial charge on any atom is -0.365 e. The van der Waals surface area contributed by atoms with Gasteiger partial charge in [-0.3, -0.25) is 10.1 Å². The van der Waals surface area contributed by atoms with Crippen molar-refractivity contribution in [3.63, 3.8) is 0 Å². The van der Waals surface area contributed by atoms with Crippen molar-refractivity contribution in [1.29, 1.82) is 0 Å². The van der Waals surface area contributed by atoms with Crippen molar-refractivity contribution < 1.29 is 4.92 Å². The summed E-state index contributed by atoms with van der Waals surface area (Å²) in [6.45, 7) is 0. The van der Waals surface area contributed by atoms with E-state index in [0.717, 1.165) is 5.69 Å². The number of anilines is 1. The van der Waals surface area contributed by atoms with Crippen molar-refractivity contribution in [3.05, 3.63) is 34.4 Å². The number of rotatable bonds is 2. The van der Waals surface area contributed by atoms with E-state index in [2.05, 4.69) is 4.90 Å². The molecule has 0 saturated carbocycles. The fourth-order valence-corrected chi connectivity index (χ4v) is 3.10. The first kappa shape index (κ1) is 9.63. The fraction of sp³-hybridized carbons (Fsp3) is 0.500. The molecule has 0 radical (unpaired) electrons. The molecule has 0 atom stereocenters. The minimum atomic E-state index is -0.318. The van der Waals surface area contributed by atoms with Crippen LogP contribution in [0, 0.1) is 10.1 Å². The van der Waals surface area contributed by atoms with E-state index in [4.69, 9.17) is 0 Å². The highest BCUT2D eigenvalue weighted by atomic mass is 16.6. The second-order valence-electron chi connectivity index (χ2n) is 4.65. The highest BCUT2D eigenvalue weighted by Gasteiger charge is 2.39. The maximum atomic E-state index is 10.7. The maximum absolute atomic E-state index is 10.7. The second-order valence-corrected chi connectivity index (χ2v) is 4.65. The highest BCUT2D eigenvalue weighted by molar-refractivity contribution is 5.56. The van der Waals surface area contributed by atoms with E-state index in [1.165, 1.54) is 25.7 Å². The Morgan fingerprint density at radius 3 is 2.38 bits per heavy atom. The van der Waals surface area contributed by atoms with E-state index in [1.54, 1.807) is 18.2 Å². The molecule has 0 aromatic heterocycles. The van der Waals surface area contributed by atoms with Gasteiger partial charge in [0.25, 0.3) is 5.69 Å². The normalized spacial score (nSPS) is 27.4. The van der Waals surface area contributed by atoms with Crippen LogP contribution in [0.2, 0.25) is 0 Å². The average molecular weight is 218 g/mol. The summed E-state index contributed by atoms with van der Waals surface area (Å²) in [5.41, 5.74) is 1.23. The molecule has 3 rings (SSSR count). The van der Waals surface area contributed by atoms with E-state index in [1.807, 2.05) is 6.07 Å². The second kappa shape index (κ2) is 3.47. The van der Waals surface area contributed by atoms with Crippen molar-refractivity contribution in [1.82, 2.24) is 0 Å². The van der Waals surface area contributed by atoms with Crippen LogP contribution in [0.5, 0.6) is 0 Å². The molecule has 0 unspecified atom stereocenters. The van der Waals surface area contributed by atoms with Gasteiger partial charge < -0.3 is 4.90 Å². The zero-order chi connectivity index (χ0) is 11.1. The topological polar surface area (TPSA) is 46.4 Å². The third kappa shape index (κ3) is 1.37. The number of nitro benzene ring substituents is 1. The molecule has 84 valence electrons. The van der Waals surface area contributed by atoms with Gasteiger partial charge in [0.05, 0.1) is 4.92 Å². The lowest BCUT2D eigenvalue weighted by atomic mass is 10.0. The number of hydrogen-bond donors (Lipinski definition) is 0. The molecule has 4 nitrogen and oxygen atoms in total. The molecule has 4 heteroatoms. The Hall–Kier alpha value is -1.58. The molecule has 2 heterocycles. The number of hydrogen-bond acceptors (Lipinski definition) is 3. The molecule has 1 aromatic rings. The molecule has 1 aromatic carbocycles. The summed E-state index contributed by atoms with van der Waals surface area (Å²) in [4.78, 5) is 12.8. The SMILES string of the molecule is O=[N+]([O-])c1cccc(N2C3CCC2CC3)c1. The lowest BCUT2D eigenvalue weighted by Crippen LogP contribution is -2.27. The molecule has 0 spiro atoms. The Kier molecular flexibility index (Phi) is 2.09. The quantitative estimate of drug-likeness (QED) is 0.566. The predicted octanol–water partition coefficient (Wildman–Crippen LogP) is 2.73. The third-order valence-corrected chi connectivity index (χ3v) is 3.79. The summed E-state index contributed by atoms with van der Waals surface area (Å²) in [6.07, 6.45) is 4.97. The standard InChI is InChI=1S/C12H14N2O2/c15-14(16)12-3-1-2-11(8-12)13-9-4-5-10(13)7-6-9/h1-3,8-10H,4-7H2. The smallest absolute Gasteiger partial charge is 0.271 e. The van der Waals surface area contributed by atoms with Gasteiger partial charge in [-0.2, -0.15) is 0 Å². The summed E-state index contributed by atoms with van der Waals surface area (Å²) in [5, 5.41) is 10.7. The zero-order valence-electron chi connectivity index (χ0n) is 9.00. The van der Waals surface area contributed by atoms with Gasteiger partial charge in [0.15, 0.2) is 0 Å². The van der Waals surface area contributed by atoms with Crippen molar-refractivity contribution in [2.24, 2.45) is 0 Å². The molecule has 16 heavy (non-hydrogen) atoms. The van der Waals surface area contributed by atoms with Gasteiger partial charge in [-0.25, -0.2) is 0 Å². The summed E-state index contributed by atoms with van der Waals surface area (Å²) < 4.78 is 0. The number of benzene rings is 1. The van der Waals surface area contributed by atoms with Crippen molar-refractivity contribution in [2.75, 3.05) is 4.90 Å². The van der Waals surface area contributed by atoms with Crippen LogP contribution in [0.1, 0.15) is 25.7 Å². The minimum absolute atomic E-state index is 0.198. The van der Waals surface area contributed by atoms with E-state index < -0.39 is 0 Å². The summed E-state index contributed by atoms with van der Waals surface area (Å²) in [6, 6.07) is 8.27. The third-order valence-electron chi connectivity index (χ3n) is 3.79. The molecule has 0 amide bonds. The van der Waals surface area contributed by atoms with Gasteiger partial charge in [0.2, 0.25) is 0 Å². The summed E-state index contributed by atoms with van der Waals surface area (Å²) in [7, 11) is 0. The van der Waals surface area contributed by atoms with Gasteiger partial charge in [0.1, 0.15) is 0 Å². The lowest BCUT2D eigenvalue weighted by molar-refractivity contribution is -0.384. The Morgan fingerprint density at radius 2 is 1.81 bits per heavy atom. The van der Waals surface area contributed by atoms with Crippen LogP contribution in [-0.4, -0.2) is 17.0 Å². The fourth-order valence-electron chi connectivity index (χ4n) is 3.10. The average Bonchev–Trinajstić information content (AvgIpc) is 2.88. The largest absolute Gasteiger partial charge is 0.365 e. The molecular formula is C12H14N2O2. The number of nitrogens with zero attached hydrogens (tertiary/aromatic N) is 2. The predicted molar refractivity (Wildman–Crippen MR) is 61.6 cm³/mol. The Labute approximate surface area is 94.0 Å². The van der Waals surface area contributed by atoms with E-state index >= 15 is 0 Å². The van der Waals surface area contributed by atoms with Crippen LogP contribution < -0.4 is 4.90 Å². The van der Waals surface area contributed by atoms with Crippen molar-refractivity contribution in [3.8, 4) is 0 Å². The highest BCUT2D eigenvalue weighted by Crippen LogP contribution is 2.41. The van der Waals surface area contributed by atoms with E-state index in [9.17, 15) is 10.1 Å². The van der Waals surface area contributed by atoms with Crippen LogP contribution in [0.15, 0.2) is 24.3 Å². The number of fused-ring (bicyclic) bond motifs is 2. The number of non-ortho nitro benzene ring substituents is 1. The maximum Gasteiger partial charge on any atom is 0.271 e. The molecular weight excluding hydrogens is 204 g/mol. The number of nitro groups is 1. The Balaban J connectivity index is 1.95. The summed E-state index contributed by atoms with van der Waals surface area (Å²) in [5.74, 6) is 0. The Bertz CT molecular complexity index is 413. The molecule has 2 aliphatic heterocycles. The molecule has 2 aliphatic rings. The first-order chi connectivity index (χ1) is 7.75. The van der Waals surface area contributed by atoms with E-state index in [-0.39, 0.29) is 10.6 Å². The lowest BCUT2D eigenvalue weighted by Gasteiger charge is -2.24. The van der Waals surface area contributed by atoms with Crippen LogP contribution in [0.25, 0.3) is 0 Å². The van der Waals surface area contributed by atoms with E-state index in [0.29, 0.717) is 12.1 Å².